The first-order valence-electron chi connectivity index (χ1n) is 5.09. The average Bonchev–Trinajstić information content (AvgIpc) is 2.17. The van der Waals surface area contributed by atoms with Crippen molar-refractivity contribution >= 4 is 21.6 Å². The molecule has 0 spiro atoms. The van der Waals surface area contributed by atoms with Crippen molar-refractivity contribution in [2.45, 2.75) is 32.1 Å². The van der Waals surface area contributed by atoms with Gasteiger partial charge in [-0.3, -0.25) is 0 Å². The van der Waals surface area contributed by atoms with E-state index in [4.69, 9.17) is 11.6 Å². The van der Waals surface area contributed by atoms with E-state index in [1.807, 2.05) is 19.1 Å². The summed E-state index contributed by atoms with van der Waals surface area (Å²) < 4.78 is 25.9. The van der Waals surface area contributed by atoms with Gasteiger partial charge in [0.2, 0.25) is 10.0 Å². The molecule has 1 rings (SSSR count). The van der Waals surface area contributed by atoms with E-state index in [0.29, 0.717) is 5.02 Å². The Hall–Kier alpha value is -0.580. The van der Waals surface area contributed by atoms with E-state index in [2.05, 4.69) is 4.72 Å². The molecule has 0 saturated carbocycles. The second kappa shape index (κ2) is 5.17. The minimum absolute atomic E-state index is 0.246. The molecule has 1 aromatic rings. The summed E-state index contributed by atoms with van der Waals surface area (Å²) in [5.74, 6) is 0. The molecule has 0 aromatic heterocycles. The maximum atomic E-state index is 11.6. The van der Waals surface area contributed by atoms with Crippen LogP contribution in [-0.4, -0.2) is 13.7 Å². The van der Waals surface area contributed by atoms with Crippen molar-refractivity contribution < 1.29 is 8.42 Å². The third-order valence-electron chi connectivity index (χ3n) is 2.33. The second-order valence-electron chi connectivity index (χ2n) is 3.98. The van der Waals surface area contributed by atoms with Crippen LogP contribution in [0.25, 0.3) is 0 Å². The molecule has 1 aromatic carbocycles. The summed E-state index contributed by atoms with van der Waals surface area (Å²) in [5, 5.41) is 0.213. The maximum absolute atomic E-state index is 11.6. The molecular formula is C11H16ClNO2S. The van der Waals surface area contributed by atoms with Gasteiger partial charge in [-0.25, -0.2) is 13.1 Å². The molecule has 0 amide bonds. The van der Waals surface area contributed by atoms with E-state index in [1.165, 1.54) is 0 Å². The van der Waals surface area contributed by atoms with Crippen LogP contribution in [0.3, 0.4) is 0 Å². The SMILES string of the molecule is CC(C)S(=O)(=O)N[C@H](C)c1ccc(Cl)cc1. The van der Waals surface area contributed by atoms with E-state index in [0.717, 1.165) is 5.56 Å². The van der Waals surface area contributed by atoms with E-state index < -0.39 is 15.3 Å². The number of sulfonamides is 1. The molecular weight excluding hydrogens is 246 g/mol. The molecule has 0 heterocycles. The van der Waals surface area contributed by atoms with Gasteiger partial charge in [-0.15, -0.1) is 0 Å². The lowest BCUT2D eigenvalue weighted by molar-refractivity contribution is 0.558. The van der Waals surface area contributed by atoms with Crippen LogP contribution in [-0.2, 0) is 10.0 Å². The normalized spacial score (nSPS) is 14.1. The lowest BCUT2D eigenvalue weighted by Gasteiger charge is -2.16. The molecule has 0 saturated heterocycles. The molecule has 0 radical (unpaired) electrons. The molecule has 0 aliphatic rings. The number of rotatable bonds is 4. The van der Waals surface area contributed by atoms with Gasteiger partial charge in [0, 0.05) is 11.1 Å². The molecule has 1 N–H and O–H groups in total. The second-order valence-corrected chi connectivity index (χ2v) is 6.69. The fourth-order valence-electron chi connectivity index (χ4n) is 1.20. The van der Waals surface area contributed by atoms with Gasteiger partial charge < -0.3 is 0 Å². The van der Waals surface area contributed by atoms with Crippen molar-refractivity contribution in [2.24, 2.45) is 0 Å². The Bertz CT molecular complexity index is 440. The monoisotopic (exact) mass is 261 g/mol. The lowest BCUT2D eigenvalue weighted by atomic mass is 10.1. The van der Waals surface area contributed by atoms with Crippen molar-refractivity contribution in [3.05, 3.63) is 34.9 Å². The summed E-state index contributed by atoms with van der Waals surface area (Å²) in [6.07, 6.45) is 0. The van der Waals surface area contributed by atoms with Gasteiger partial charge in [-0.1, -0.05) is 23.7 Å². The van der Waals surface area contributed by atoms with Crippen molar-refractivity contribution in [2.75, 3.05) is 0 Å². The zero-order chi connectivity index (χ0) is 12.3. The summed E-state index contributed by atoms with van der Waals surface area (Å²) in [6.45, 7) is 5.11. The Morgan fingerprint density at radius 1 is 1.12 bits per heavy atom. The van der Waals surface area contributed by atoms with E-state index >= 15 is 0 Å². The van der Waals surface area contributed by atoms with Gasteiger partial charge in [0.05, 0.1) is 5.25 Å². The van der Waals surface area contributed by atoms with Crippen LogP contribution in [0.1, 0.15) is 32.4 Å². The summed E-state index contributed by atoms with van der Waals surface area (Å²) in [7, 11) is -3.24. The summed E-state index contributed by atoms with van der Waals surface area (Å²) >= 11 is 5.76. The van der Waals surface area contributed by atoms with Crippen molar-refractivity contribution in [1.82, 2.24) is 4.72 Å². The predicted octanol–water partition coefficient (Wildman–Crippen LogP) is 2.73. The first kappa shape index (κ1) is 13.5. The Balaban J connectivity index is 2.81. The van der Waals surface area contributed by atoms with E-state index in [1.54, 1.807) is 26.0 Å². The van der Waals surface area contributed by atoms with Crippen LogP contribution < -0.4 is 4.72 Å². The highest BCUT2D eigenvalue weighted by Gasteiger charge is 2.19. The maximum Gasteiger partial charge on any atom is 0.214 e. The van der Waals surface area contributed by atoms with Crippen molar-refractivity contribution in [1.29, 1.82) is 0 Å². The lowest BCUT2D eigenvalue weighted by Crippen LogP contribution is -2.32. The van der Waals surface area contributed by atoms with Crippen LogP contribution in [0.2, 0.25) is 5.02 Å². The number of nitrogens with one attached hydrogen (secondary N) is 1. The molecule has 0 unspecified atom stereocenters. The first-order valence-corrected chi connectivity index (χ1v) is 7.02. The zero-order valence-corrected chi connectivity index (χ0v) is 11.1. The van der Waals surface area contributed by atoms with E-state index in [9.17, 15) is 8.42 Å². The number of hydrogen-bond donors (Lipinski definition) is 1. The van der Waals surface area contributed by atoms with Gasteiger partial charge in [-0.05, 0) is 38.5 Å². The first-order chi connectivity index (χ1) is 7.33. The standard InChI is InChI=1S/C11H16ClNO2S/c1-8(2)16(14,15)13-9(3)10-4-6-11(12)7-5-10/h4-9,13H,1-3H3/t9-/m1/s1. The number of benzene rings is 1. The molecule has 0 aliphatic heterocycles. The smallest absolute Gasteiger partial charge is 0.212 e. The Labute approximate surface area is 102 Å². The number of hydrogen-bond acceptors (Lipinski definition) is 2. The topological polar surface area (TPSA) is 46.2 Å². The molecule has 5 heteroatoms. The van der Waals surface area contributed by atoms with E-state index in [-0.39, 0.29) is 6.04 Å². The summed E-state index contributed by atoms with van der Waals surface area (Å²) in [4.78, 5) is 0. The molecule has 90 valence electrons. The molecule has 0 aliphatic carbocycles. The quantitative estimate of drug-likeness (QED) is 0.906. The van der Waals surface area contributed by atoms with Crippen LogP contribution in [0.4, 0.5) is 0 Å². The van der Waals surface area contributed by atoms with Crippen molar-refractivity contribution in [3.63, 3.8) is 0 Å². The minimum Gasteiger partial charge on any atom is -0.212 e. The van der Waals surface area contributed by atoms with Gasteiger partial charge in [0.1, 0.15) is 0 Å². The molecule has 3 nitrogen and oxygen atoms in total. The third-order valence-corrected chi connectivity index (χ3v) is 4.51. The molecule has 0 fully saturated rings. The third kappa shape index (κ3) is 3.47. The number of halogens is 1. The summed E-state index contributed by atoms with van der Waals surface area (Å²) in [6, 6.07) is 6.88. The Morgan fingerprint density at radius 2 is 1.62 bits per heavy atom. The van der Waals surface area contributed by atoms with Gasteiger partial charge in [-0.2, -0.15) is 0 Å². The Morgan fingerprint density at radius 3 is 2.06 bits per heavy atom. The fourth-order valence-corrected chi connectivity index (χ4v) is 2.23. The molecule has 16 heavy (non-hydrogen) atoms. The average molecular weight is 262 g/mol. The Kier molecular flexibility index (Phi) is 4.35. The molecule has 1 atom stereocenters. The highest BCUT2D eigenvalue weighted by atomic mass is 35.5. The van der Waals surface area contributed by atoms with Crippen LogP contribution in [0, 0.1) is 0 Å². The largest absolute Gasteiger partial charge is 0.214 e. The molecule has 0 bridgehead atoms. The van der Waals surface area contributed by atoms with Gasteiger partial charge in [0.25, 0.3) is 0 Å². The fraction of sp³-hybridized carbons (Fsp3) is 0.455. The van der Waals surface area contributed by atoms with Gasteiger partial charge >= 0.3 is 0 Å². The minimum atomic E-state index is -3.24. The highest BCUT2D eigenvalue weighted by Crippen LogP contribution is 2.17. The predicted molar refractivity (Wildman–Crippen MR) is 67.1 cm³/mol. The van der Waals surface area contributed by atoms with Gasteiger partial charge in [0.15, 0.2) is 0 Å². The van der Waals surface area contributed by atoms with Crippen LogP contribution in [0.15, 0.2) is 24.3 Å². The van der Waals surface area contributed by atoms with Crippen LogP contribution in [0.5, 0.6) is 0 Å². The van der Waals surface area contributed by atoms with Crippen LogP contribution >= 0.6 is 11.6 Å². The highest BCUT2D eigenvalue weighted by molar-refractivity contribution is 7.90. The zero-order valence-electron chi connectivity index (χ0n) is 9.57. The van der Waals surface area contributed by atoms with Crippen molar-refractivity contribution in [3.8, 4) is 0 Å². The summed E-state index contributed by atoms with van der Waals surface area (Å²) in [5.41, 5.74) is 0.897.